The van der Waals surface area contributed by atoms with Gasteiger partial charge in [0.05, 0.1) is 25.4 Å². The first-order chi connectivity index (χ1) is 17.5. The van der Waals surface area contributed by atoms with Crippen molar-refractivity contribution in [2.45, 2.75) is 105 Å². The average molecular weight is 531 g/mol. The van der Waals surface area contributed by atoms with Gasteiger partial charge in [-0.3, -0.25) is 9.59 Å². The number of methoxy groups -OCH3 is 1. The van der Waals surface area contributed by atoms with Gasteiger partial charge in [-0.05, 0) is 67.4 Å². The zero-order valence-corrected chi connectivity index (χ0v) is 24.3. The largest absolute Gasteiger partial charge is 0.466 e. The molecule has 38 heavy (non-hydrogen) atoms. The van der Waals surface area contributed by atoms with Gasteiger partial charge in [0, 0.05) is 40.2 Å². The van der Waals surface area contributed by atoms with Gasteiger partial charge in [-0.2, -0.15) is 0 Å². The van der Waals surface area contributed by atoms with Crippen LogP contribution < -0.4 is 0 Å². The maximum Gasteiger partial charge on any atom is 0.333 e. The van der Waals surface area contributed by atoms with Gasteiger partial charge >= 0.3 is 5.97 Å². The van der Waals surface area contributed by atoms with Crippen molar-refractivity contribution in [3.05, 3.63) is 22.8 Å². The third-order valence-corrected chi connectivity index (χ3v) is 11.6. The molecule has 0 aromatic rings. The Bertz CT molecular complexity index is 1100. The summed E-state index contributed by atoms with van der Waals surface area (Å²) in [6, 6.07) is 0. The Balaban J connectivity index is 1.74. The van der Waals surface area contributed by atoms with Crippen LogP contribution in [0.3, 0.4) is 0 Å². The molecule has 9 atom stereocenters. The quantitative estimate of drug-likeness (QED) is 0.364. The molecule has 0 spiro atoms. The number of hydrogen-bond acceptors (Lipinski definition) is 7. The monoisotopic (exact) mass is 530 g/mol. The number of aliphatic hydroxyl groups is 3. The summed E-state index contributed by atoms with van der Waals surface area (Å²) in [5.41, 5.74) is -0.909. The number of carbonyl (C=O) groups excluding carboxylic acids is 3. The summed E-state index contributed by atoms with van der Waals surface area (Å²) in [5, 5.41) is 34.1. The summed E-state index contributed by atoms with van der Waals surface area (Å²) in [5.74, 6) is -0.571. The zero-order valence-electron chi connectivity index (χ0n) is 24.3. The van der Waals surface area contributed by atoms with Crippen LogP contribution >= 0.6 is 0 Å². The van der Waals surface area contributed by atoms with E-state index in [4.69, 9.17) is 4.74 Å². The first-order valence-corrected chi connectivity index (χ1v) is 14.1. The maximum absolute atomic E-state index is 14.1. The van der Waals surface area contributed by atoms with Gasteiger partial charge in [0.25, 0.3) is 0 Å². The van der Waals surface area contributed by atoms with Crippen molar-refractivity contribution in [1.82, 2.24) is 0 Å². The number of rotatable bonds is 5. The molecule has 3 N–H and O–H groups in total. The minimum Gasteiger partial charge on any atom is -0.466 e. The fourth-order valence-corrected chi connectivity index (χ4v) is 9.32. The van der Waals surface area contributed by atoms with E-state index in [0.29, 0.717) is 48.8 Å². The van der Waals surface area contributed by atoms with Crippen molar-refractivity contribution in [3.63, 3.8) is 0 Å². The number of aliphatic hydroxyl groups excluding tert-OH is 3. The molecular weight excluding hydrogens is 484 g/mol. The van der Waals surface area contributed by atoms with Crippen molar-refractivity contribution < 1.29 is 34.4 Å². The summed E-state index contributed by atoms with van der Waals surface area (Å²) in [6.45, 7) is 13.7. The molecular formula is C31H46O7. The van der Waals surface area contributed by atoms with E-state index in [1.807, 2.05) is 27.7 Å². The molecule has 4 rings (SSSR count). The lowest BCUT2D eigenvalue weighted by molar-refractivity contribution is -0.146. The Morgan fingerprint density at radius 2 is 1.76 bits per heavy atom. The Morgan fingerprint density at radius 1 is 1.13 bits per heavy atom. The van der Waals surface area contributed by atoms with E-state index in [0.717, 1.165) is 0 Å². The lowest BCUT2D eigenvalue weighted by Crippen LogP contribution is -2.60. The molecule has 0 unspecified atom stereocenters. The molecule has 0 aromatic carbocycles. The second-order valence-electron chi connectivity index (χ2n) is 13.9. The molecule has 0 heterocycles. The molecule has 2 fully saturated rings. The third-order valence-electron chi connectivity index (χ3n) is 11.6. The molecule has 7 nitrogen and oxygen atoms in total. The number of ether oxygens (including phenoxy) is 1. The van der Waals surface area contributed by atoms with E-state index in [1.165, 1.54) is 13.2 Å². The summed E-state index contributed by atoms with van der Waals surface area (Å²) < 4.78 is 4.73. The number of fused-ring (bicyclic) bond motifs is 4. The molecule has 0 radical (unpaired) electrons. The smallest absolute Gasteiger partial charge is 0.333 e. The van der Waals surface area contributed by atoms with E-state index >= 15 is 0 Å². The lowest BCUT2D eigenvalue weighted by Gasteiger charge is -2.61. The van der Waals surface area contributed by atoms with Crippen LogP contribution in [0, 0.1) is 39.4 Å². The molecule has 0 amide bonds. The summed E-state index contributed by atoms with van der Waals surface area (Å²) in [4.78, 5) is 38.8. The van der Waals surface area contributed by atoms with Crippen molar-refractivity contribution in [3.8, 4) is 0 Å². The first-order valence-electron chi connectivity index (χ1n) is 14.1. The highest BCUT2D eigenvalue weighted by Gasteiger charge is 2.70. The van der Waals surface area contributed by atoms with E-state index in [2.05, 4.69) is 13.8 Å². The van der Waals surface area contributed by atoms with Crippen LogP contribution in [0.5, 0.6) is 0 Å². The summed E-state index contributed by atoms with van der Waals surface area (Å²) in [7, 11) is 1.30. The molecule has 7 heteroatoms. The lowest BCUT2D eigenvalue weighted by atomic mass is 9.42. The van der Waals surface area contributed by atoms with Crippen LogP contribution in [-0.2, 0) is 19.1 Å². The van der Waals surface area contributed by atoms with Crippen molar-refractivity contribution >= 4 is 17.5 Å². The van der Waals surface area contributed by atoms with Gasteiger partial charge in [-0.15, -0.1) is 0 Å². The van der Waals surface area contributed by atoms with Crippen LogP contribution in [0.2, 0.25) is 0 Å². The van der Waals surface area contributed by atoms with E-state index in [-0.39, 0.29) is 35.7 Å². The molecule has 0 bridgehead atoms. The van der Waals surface area contributed by atoms with Crippen LogP contribution in [-0.4, -0.2) is 58.3 Å². The number of Topliss-reactive ketones (excluding diaryl/α,β-unsaturated/α-hetero) is 2. The van der Waals surface area contributed by atoms with Crippen molar-refractivity contribution in [2.75, 3.05) is 7.11 Å². The van der Waals surface area contributed by atoms with Crippen molar-refractivity contribution in [2.24, 2.45) is 39.4 Å². The third kappa shape index (κ3) is 3.90. The molecule has 4 aliphatic carbocycles. The highest BCUT2D eigenvalue weighted by atomic mass is 16.5. The molecule has 2 saturated carbocycles. The topological polar surface area (TPSA) is 121 Å². The van der Waals surface area contributed by atoms with Gasteiger partial charge < -0.3 is 20.1 Å². The fourth-order valence-electron chi connectivity index (χ4n) is 9.32. The molecule has 0 aliphatic heterocycles. The summed E-state index contributed by atoms with van der Waals surface area (Å²) >= 11 is 0. The molecule has 212 valence electrons. The number of ketones is 2. The highest BCUT2D eigenvalue weighted by molar-refractivity contribution is 6.01. The Kier molecular flexibility index (Phi) is 7.20. The van der Waals surface area contributed by atoms with Gasteiger partial charge in [0.1, 0.15) is 5.78 Å². The number of carbonyl (C=O) groups is 3. The second-order valence-corrected chi connectivity index (χ2v) is 13.9. The average Bonchev–Trinajstić information content (AvgIpc) is 3.03. The first kappa shape index (κ1) is 29.2. The molecule has 4 aliphatic rings. The Hall–Kier alpha value is -1.83. The van der Waals surface area contributed by atoms with Gasteiger partial charge in [0.15, 0.2) is 5.78 Å². The van der Waals surface area contributed by atoms with Gasteiger partial charge in [0.2, 0.25) is 0 Å². The second kappa shape index (κ2) is 9.38. The molecule has 0 aromatic heterocycles. The molecule has 0 saturated heterocycles. The van der Waals surface area contributed by atoms with Crippen LogP contribution in [0.1, 0.15) is 87.0 Å². The van der Waals surface area contributed by atoms with Crippen LogP contribution in [0.25, 0.3) is 0 Å². The Morgan fingerprint density at radius 3 is 2.37 bits per heavy atom. The summed E-state index contributed by atoms with van der Waals surface area (Å²) in [6.07, 6.45) is 1.45. The zero-order chi connectivity index (χ0) is 28.6. The van der Waals surface area contributed by atoms with E-state index in [1.54, 1.807) is 6.92 Å². The normalized spacial score (nSPS) is 42.2. The predicted molar refractivity (Wildman–Crippen MR) is 143 cm³/mol. The highest BCUT2D eigenvalue weighted by Crippen LogP contribution is 2.71. The standard InChI is InChI=1S/C31H46O7/c1-16(11-18(32)12-17(2)27(37)38-8)19-13-24(36)31(7)26-20(33)14-22-28(3,4)23(35)9-10-29(22,5)25(26)21(34)15-30(19,31)6/h12,16,18-20,22,24,32-33,36H,9-11,13-15H2,1-8H3/b17-12+/t16-,18+,19-,20+,22+,24+,29+,30-,31+/m1/s1. The van der Waals surface area contributed by atoms with Gasteiger partial charge in [-0.1, -0.05) is 41.5 Å². The van der Waals surface area contributed by atoms with E-state index in [9.17, 15) is 29.7 Å². The minimum atomic E-state index is -0.901. The SMILES string of the molecule is COC(=O)/C(C)=C/[C@@H](O)C[C@@H](C)[C@H]1C[C@H](O)[C@@]2(C)C3=C(C(=O)C[C@]12C)[C@@]1(C)CCC(=O)C(C)(C)[C@@H]1C[C@@H]3O. The van der Waals surface area contributed by atoms with Crippen LogP contribution in [0.4, 0.5) is 0 Å². The van der Waals surface area contributed by atoms with Gasteiger partial charge in [-0.25, -0.2) is 4.79 Å². The number of hydrogen-bond donors (Lipinski definition) is 3. The van der Waals surface area contributed by atoms with Crippen molar-refractivity contribution in [1.29, 1.82) is 0 Å². The maximum atomic E-state index is 14.1. The van der Waals surface area contributed by atoms with E-state index < -0.39 is 45.9 Å². The predicted octanol–water partition coefficient (Wildman–Crippen LogP) is 3.93. The number of allylic oxidation sites excluding steroid dienone is 1. The fraction of sp³-hybridized carbons (Fsp3) is 0.774. The van der Waals surface area contributed by atoms with Crippen LogP contribution in [0.15, 0.2) is 22.8 Å². The Labute approximate surface area is 226 Å². The minimum absolute atomic E-state index is 0.0182. The number of esters is 1.